The number of anilines is 1. The zero-order valence-electron chi connectivity index (χ0n) is 21.4. The van der Waals surface area contributed by atoms with E-state index in [-0.39, 0.29) is 18.1 Å². The van der Waals surface area contributed by atoms with Crippen molar-refractivity contribution in [2.75, 3.05) is 25.7 Å². The summed E-state index contributed by atoms with van der Waals surface area (Å²) in [6.07, 6.45) is -0.341. The van der Waals surface area contributed by atoms with Gasteiger partial charge in [-0.3, -0.25) is 9.69 Å². The van der Waals surface area contributed by atoms with Crippen molar-refractivity contribution in [3.05, 3.63) is 95.6 Å². The summed E-state index contributed by atoms with van der Waals surface area (Å²) >= 11 is 0. The van der Waals surface area contributed by atoms with Crippen molar-refractivity contribution in [1.29, 1.82) is 0 Å². The predicted molar refractivity (Wildman–Crippen MR) is 142 cm³/mol. The van der Waals surface area contributed by atoms with Crippen molar-refractivity contribution >= 4 is 17.2 Å². The van der Waals surface area contributed by atoms with Crippen LogP contribution in [0.1, 0.15) is 25.0 Å². The summed E-state index contributed by atoms with van der Waals surface area (Å²) in [5.74, 6) is 7.20. The van der Waals surface area contributed by atoms with E-state index in [4.69, 9.17) is 18.9 Å². The van der Waals surface area contributed by atoms with Gasteiger partial charge in [0.05, 0.1) is 32.4 Å². The predicted octanol–water partition coefficient (Wildman–Crippen LogP) is 5.08. The van der Waals surface area contributed by atoms with Gasteiger partial charge in [-0.25, -0.2) is 0 Å². The molecule has 188 valence electrons. The van der Waals surface area contributed by atoms with Crippen molar-refractivity contribution in [2.24, 2.45) is 0 Å². The molecular weight excluding hydrogens is 466 g/mol. The monoisotopic (exact) mass is 495 g/mol. The highest BCUT2D eigenvalue weighted by Gasteiger charge is 2.53. The molecule has 6 nitrogen and oxygen atoms in total. The van der Waals surface area contributed by atoms with Crippen LogP contribution >= 0.6 is 0 Å². The quantitative estimate of drug-likeness (QED) is 0.281. The summed E-state index contributed by atoms with van der Waals surface area (Å²) in [6, 6.07) is 24.4. The van der Waals surface area contributed by atoms with Gasteiger partial charge in [0.2, 0.25) is 0 Å². The van der Waals surface area contributed by atoms with Gasteiger partial charge in [-0.2, -0.15) is 0 Å². The Hall–Kier alpha value is -4.05. The first-order chi connectivity index (χ1) is 17.9. The molecule has 0 aliphatic carbocycles. The molecule has 0 radical (unpaired) electrons. The van der Waals surface area contributed by atoms with Crippen LogP contribution < -0.4 is 14.4 Å². The zero-order valence-corrected chi connectivity index (χ0v) is 21.4. The fourth-order valence-electron chi connectivity index (χ4n) is 4.65. The van der Waals surface area contributed by atoms with Crippen LogP contribution in [0, 0.1) is 11.8 Å². The number of β-lactam (4-membered cyclic amide) rings is 1. The maximum atomic E-state index is 13.8. The van der Waals surface area contributed by atoms with Gasteiger partial charge in [-0.15, -0.1) is 0 Å². The van der Waals surface area contributed by atoms with Gasteiger partial charge in [-0.05, 0) is 67.9 Å². The Balaban J connectivity index is 1.61. The topological polar surface area (TPSA) is 57.2 Å². The number of ether oxygens (including phenoxy) is 4. The Labute approximate surface area is 217 Å². The van der Waals surface area contributed by atoms with Gasteiger partial charge in [0.15, 0.2) is 5.79 Å². The van der Waals surface area contributed by atoms with Crippen molar-refractivity contribution < 1.29 is 23.7 Å². The van der Waals surface area contributed by atoms with E-state index in [1.54, 1.807) is 19.1 Å². The van der Waals surface area contributed by atoms with E-state index in [0.717, 1.165) is 28.3 Å². The van der Waals surface area contributed by atoms with Crippen LogP contribution in [-0.4, -0.2) is 44.7 Å². The molecule has 3 aromatic carbocycles. The molecule has 5 rings (SSSR count). The molecule has 6 heteroatoms. The number of carbonyl (C=O) groups excluding carboxylic acids is 1. The highest BCUT2D eigenvalue weighted by molar-refractivity contribution is 6.21. The minimum atomic E-state index is -0.734. The summed E-state index contributed by atoms with van der Waals surface area (Å²) in [7, 11) is 3.25. The maximum absolute atomic E-state index is 13.8. The second-order valence-corrected chi connectivity index (χ2v) is 9.32. The van der Waals surface area contributed by atoms with E-state index in [1.807, 2.05) is 92.7 Å². The molecule has 2 fully saturated rings. The number of hydrogen-bond donors (Lipinski definition) is 0. The fourth-order valence-corrected chi connectivity index (χ4v) is 4.65. The van der Waals surface area contributed by atoms with Crippen LogP contribution in [0.2, 0.25) is 0 Å². The average Bonchev–Trinajstić information content (AvgIpc) is 3.29. The van der Waals surface area contributed by atoms with Crippen LogP contribution in [0.3, 0.4) is 0 Å². The summed E-state index contributed by atoms with van der Waals surface area (Å²) in [5.41, 5.74) is 3.78. The van der Waals surface area contributed by atoms with Crippen molar-refractivity contribution in [3.8, 4) is 23.3 Å². The van der Waals surface area contributed by atoms with E-state index in [0.29, 0.717) is 17.8 Å². The average molecular weight is 496 g/mol. The molecule has 0 N–H and O–H groups in total. The Bertz CT molecular complexity index is 1370. The van der Waals surface area contributed by atoms with Crippen LogP contribution in [0.5, 0.6) is 11.5 Å². The number of nitrogens with zero attached hydrogens (tertiary/aromatic N) is 1. The number of allylic oxidation sites excluding steroid dienone is 1. The zero-order chi connectivity index (χ0) is 26.0. The smallest absolute Gasteiger partial charge is 0.258 e. The molecule has 2 aliphatic rings. The molecule has 37 heavy (non-hydrogen) atoms. The lowest BCUT2D eigenvalue weighted by Gasteiger charge is -2.46. The third-order valence-corrected chi connectivity index (χ3v) is 6.51. The molecule has 1 unspecified atom stereocenters. The standard InChI is InChI=1S/C31H29NO5/c1-31(2)36-20-27(37-31)29-28(30(33)32(29)23-13-17-25(35-4)18-14-23)26(22-8-6-5-7-9-22)19-12-21-10-15-24(34-3)16-11-21/h5-11,13-18,27,29H,20H2,1-4H3/b28-26+/t27?,29-/m0/s1. The number of rotatable bonds is 5. The molecular formula is C31H29NO5. The van der Waals surface area contributed by atoms with Gasteiger partial charge >= 0.3 is 0 Å². The van der Waals surface area contributed by atoms with Gasteiger partial charge in [0, 0.05) is 16.8 Å². The Morgan fingerprint density at radius 3 is 2.11 bits per heavy atom. The summed E-state index contributed by atoms with van der Waals surface area (Å²) in [4.78, 5) is 15.6. The van der Waals surface area contributed by atoms with Crippen LogP contribution in [0.4, 0.5) is 5.69 Å². The third kappa shape index (κ3) is 4.97. The van der Waals surface area contributed by atoms with Crippen molar-refractivity contribution in [3.63, 3.8) is 0 Å². The van der Waals surface area contributed by atoms with Gasteiger partial charge in [-0.1, -0.05) is 42.2 Å². The molecule has 2 aliphatic heterocycles. The Morgan fingerprint density at radius 2 is 1.54 bits per heavy atom. The van der Waals surface area contributed by atoms with Crippen LogP contribution in [0.25, 0.3) is 5.57 Å². The SMILES string of the molecule is COc1ccc(C#C/C(=C2\C(=O)N(c3ccc(OC)cc3)[C@H]2C2COC(C)(C)O2)c2ccccc2)cc1. The Kier molecular flexibility index (Phi) is 6.75. The minimum absolute atomic E-state index is 0.105. The molecule has 2 saturated heterocycles. The first kappa shape index (κ1) is 24.6. The van der Waals surface area contributed by atoms with Crippen LogP contribution in [-0.2, 0) is 14.3 Å². The van der Waals surface area contributed by atoms with Gasteiger partial charge in [0.25, 0.3) is 5.91 Å². The summed E-state index contributed by atoms with van der Waals surface area (Å²) in [6.45, 7) is 4.14. The summed E-state index contributed by atoms with van der Waals surface area (Å²) in [5, 5.41) is 0. The van der Waals surface area contributed by atoms with Crippen LogP contribution in [0.15, 0.2) is 84.4 Å². The number of benzene rings is 3. The van der Waals surface area contributed by atoms with Gasteiger partial charge in [0.1, 0.15) is 17.6 Å². The van der Waals surface area contributed by atoms with Crippen molar-refractivity contribution in [2.45, 2.75) is 31.8 Å². The second-order valence-electron chi connectivity index (χ2n) is 9.32. The molecule has 0 saturated carbocycles. The number of amides is 1. The highest BCUT2D eigenvalue weighted by atomic mass is 16.7. The normalized spacial score (nSPS) is 21.5. The van der Waals surface area contributed by atoms with E-state index in [2.05, 4.69) is 11.8 Å². The molecule has 0 bridgehead atoms. The fraction of sp³-hybridized carbons (Fsp3) is 0.258. The molecule has 2 heterocycles. The second kappa shape index (κ2) is 10.1. The molecule has 2 atom stereocenters. The number of hydrogen-bond acceptors (Lipinski definition) is 5. The number of methoxy groups -OCH3 is 2. The Morgan fingerprint density at radius 1 is 0.919 bits per heavy atom. The number of carbonyl (C=O) groups is 1. The van der Waals surface area contributed by atoms with Crippen molar-refractivity contribution in [1.82, 2.24) is 0 Å². The lowest BCUT2D eigenvalue weighted by atomic mass is 9.83. The van der Waals surface area contributed by atoms with E-state index in [9.17, 15) is 4.79 Å². The molecule has 3 aromatic rings. The molecule has 0 spiro atoms. The first-order valence-electron chi connectivity index (χ1n) is 12.2. The minimum Gasteiger partial charge on any atom is -0.497 e. The van der Waals surface area contributed by atoms with Gasteiger partial charge < -0.3 is 18.9 Å². The molecule has 1 amide bonds. The highest BCUT2D eigenvalue weighted by Crippen LogP contribution is 2.42. The third-order valence-electron chi connectivity index (χ3n) is 6.51. The summed E-state index contributed by atoms with van der Waals surface area (Å²) < 4.78 is 22.7. The first-order valence-corrected chi connectivity index (χ1v) is 12.2. The largest absolute Gasteiger partial charge is 0.497 e. The maximum Gasteiger partial charge on any atom is 0.258 e. The molecule has 0 aromatic heterocycles. The van der Waals surface area contributed by atoms with E-state index < -0.39 is 5.79 Å². The van der Waals surface area contributed by atoms with E-state index >= 15 is 0 Å². The lowest BCUT2D eigenvalue weighted by molar-refractivity contribution is -0.143. The lowest BCUT2D eigenvalue weighted by Crippen LogP contribution is -2.62. The van der Waals surface area contributed by atoms with E-state index in [1.165, 1.54) is 0 Å².